The topological polar surface area (TPSA) is 20.3 Å². The van der Waals surface area contributed by atoms with Crippen LogP contribution in [0.4, 0.5) is 0 Å². The van der Waals surface area contributed by atoms with Gasteiger partial charge in [-0.25, -0.2) is 0 Å². The zero-order valence-corrected chi connectivity index (χ0v) is 9.24. The Bertz CT molecular complexity index is 431. The Balaban J connectivity index is 2.15. The maximum Gasteiger partial charge on any atom is 0.254 e. The zero-order valence-electron chi connectivity index (χ0n) is 8.48. The Morgan fingerprint density at radius 2 is 2.13 bits per heavy atom. The van der Waals surface area contributed by atoms with Crippen LogP contribution >= 0.6 is 11.6 Å². The van der Waals surface area contributed by atoms with E-state index >= 15 is 0 Å². The Morgan fingerprint density at radius 3 is 2.87 bits per heavy atom. The van der Waals surface area contributed by atoms with Crippen LogP contribution in [0.5, 0.6) is 0 Å². The number of likely N-dealkylation sites (N-methyl/N-ethyl adjacent to an activating group) is 1. The Labute approximate surface area is 93.8 Å². The number of amides is 1. The Morgan fingerprint density at radius 1 is 1.40 bits per heavy atom. The van der Waals surface area contributed by atoms with E-state index in [9.17, 15) is 4.79 Å². The van der Waals surface area contributed by atoms with Gasteiger partial charge in [-0.15, -0.1) is 11.6 Å². The maximum atomic E-state index is 12.0. The molecular formula is C12H12ClNO. The highest BCUT2D eigenvalue weighted by molar-refractivity contribution is 6.22. The summed E-state index contributed by atoms with van der Waals surface area (Å²) in [4.78, 5) is 13.8. The molecule has 2 aliphatic rings. The molecular weight excluding hydrogens is 210 g/mol. The highest BCUT2D eigenvalue weighted by Gasteiger charge is 2.49. The van der Waals surface area contributed by atoms with Gasteiger partial charge >= 0.3 is 0 Å². The van der Waals surface area contributed by atoms with Gasteiger partial charge in [0, 0.05) is 29.9 Å². The van der Waals surface area contributed by atoms with Crippen LogP contribution in [-0.2, 0) is 0 Å². The number of hydrogen-bond acceptors (Lipinski definition) is 1. The van der Waals surface area contributed by atoms with Crippen LogP contribution < -0.4 is 0 Å². The monoisotopic (exact) mass is 221 g/mol. The van der Waals surface area contributed by atoms with Crippen LogP contribution in [-0.4, -0.2) is 29.3 Å². The van der Waals surface area contributed by atoms with E-state index in [0.717, 1.165) is 17.5 Å². The molecule has 0 unspecified atom stereocenters. The predicted octanol–water partition coefficient (Wildman–Crippen LogP) is 2.24. The van der Waals surface area contributed by atoms with Gasteiger partial charge in [-0.1, -0.05) is 18.2 Å². The van der Waals surface area contributed by atoms with Crippen LogP contribution in [0.2, 0.25) is 0 Å². The lowest BCUT2D eigenvalue weighted by Gasteiger charge is -2.50. The summed E-state index contributed by atoms with van der Waals surface area (Å²) in [6, 6.07) is 8.14. The molecule has 0 N–H and O–H groups in total. The van der Waals surface area contributed by atoms with Gasteiger partial charge < -0.3 is 4.90 Å². The second-order valence-electron chi connectivity index (χ2n) is 4.35. The van der Waals surface area contributed by atoms with E-state index in [1.807, 2.05) is 36.2 Å². The molecule has 78 valence electrons. The van der Waals surface area contributed by atoms with Gasteiger partial charge in [-0.2, -0.15) is 0 Å². The number of hydrogen-bond donors (Lipinski definition) is 0. The fourth-order valence-corrected chi connectivity index (χ4v) is 3.18. The van der Waals surface area contributed by atoms with Gasteiger partial charge in [0.2, 0.25) is 0 Å². The first-order chi connectivity index (χ1) is 7.20. The molecule has 3 atom stereocenters. The highest BCUT2D eigenvalue weighted by atomic mass is 35.5. The molecule has 1 aromatic carbocycles. The van der Waals surface area contributed by atoms with E-state index in [1.165, 1.54) is 0 Å². The molecule has 0 radical (unpaired) electrons. The molecule has 1 fully saturated rings. The van der Waals surface area contributed by atoms with Crippen molar-refractivity contribution in [2.45, 2.75) is 23.8 Å². The molecule has 1 aliphatic heterocycles. The number of fused-ring (bicyclic) bond motifs is 3. The summed E-state index contributed by atoms with van der Waals surface area (Å²) in [6.45, 7) is 0. The van der Waals surface area contributed by atoms with Crippen molar-refractivity contribution in [3.05, 3.63) is 35.4 Å². The molecule has 1 saturated carbocycles. The summed E-state index contributed by atoms with van der Waals surface area (Å²) in [6.07, 6.45) is 0.919. The van der Waals surface area contributed by atoms with Crippen LogP contribution in [0.15, 0.2) is 24.3 Å². The summed E-state index contributed by atoms with van der Waals surface area (Å²) in [5.41, 5.74) is 1.96. The summed E-state index contributed by atoms with van der Waals surface area (Å²) >= 11 is 6.23. The second-order valence-corrected chi connectivity index (χ2v) is 4.91. The van der Waals surface area contributed by atoms with Gasteiger partial charge in [0.25, 0.3) is 5.91 Å². The van der Waals surface area contributed by atoms with Crippen LogP contribution in [0.25, 0.3) is 0 Å². The van der Waals surface area contributed by atoms with Gasteiger partial charge in [0.15, 0.2) is 0 Å². The number of carbonyl (C=O) groups is 1. The lowest BCUT2D eigenvalue weighted by Crippen LogP contribution is -2.56. The Kier molecular flexibility index (Phi) is 1.84. The minimum Gasteiger partial charge on any atom is -0.338 e. The minimum atomic E-state index is 0.135. The van der Waals surface area contributed by atoms with Crippen LogP contribution in [0.3, 0.4) is 0 Å². The van der Waals surface area contributed by atoms with Crippen molar-refractivity contribution in [2.24, 2.45) is 0 Å². The summed E-state index contributed by atoms with van der Waals surface area (Å²) in [5.74, 6) is 0.473. The smallest absolute Gasteiger partial charge is 0.254 e. The number of benzene rings is 1. The molecule has 0 spiro atoms. The third-order valence-corrected chi connectivity index (χ3v) is 4.09. The SMILES string of the molecule is CN1C(=O)c2ccccc2[C@@H]2[C@H](Cl)C[C@@H]21. The largest absolute Gasteiger partial charge is 0.338 e. The summed E-state index contributed by atoms with van der Waals surface area (Å²) in [7, 11) is 1.87. The molecule has 0 aromatic heterocycles. The molecule has 0 bridgehead atoms. The molecule has 2 nitrogen and oxygen atoms in total. The molecule has 15 heavy (non-hydrogen) atoms. The molecule has 1 amide bonds. The third-order valence-electron chi connectivity index (χ3n) is 3.64. The fraction of sp³-hybridized carbons (Fsp3) is 0.417. The van der Waals surface area contributed by atoms with E-state index in [-0.39, 0.29) is 11.3 Å². The van der Waals surface area contributed by atoms with Crippen molar-refractivity contribution in [2.75, 3.05) is 7.05 Å². The number of rotatable bonds is 0. The summed E-state index contributed by atoms with van der Waals surface area (Å²) < 4.78 is 0. The van der Waals surface area contributed by atoms with Crippen LogP contribution in [0.1, 0.15) is 28.3 Å². The van der Waals surface area contributed by atoms with Crippen molar-refractivity contribution < 1.29 is 4.79 Å². The molecule has 3 rings (SSSR count). The minimum absolute atomic E-state index is 0.135. The van der Waals surface area contributed by atoms with Gasteiger partial charge in [-0.3, -0.25) is 4.79 Å². The van der Waals surface area contributed by atoms with E-state index in [1.54, 1.807) is 0 Å². The number of halogens is 1. The maximum absolute atomic E-state index is 12.0. The van der Waals surface area contributed by atoms with E-state index in [0.29, 0.717) is 12.0 Å². The quantitative estimate of drug-likeness (QED) is 0.616. The van der Waals surface area contributed by atoms with Gasteiger partial charge in [0.05, 0.1) is 0 Å². The van der Waals surface area contributed by atoms with Crippen molar-refractivity contribution in [3.63, 3.8) is 0 Å². The Hall–Kier alpha value is -1.02. The zero-order chi connectivity index (χ0) is 10.6. The fourth-order valence-electron chi connectivity index (χ4n) is 2.69. The molecule has 3 heteroatoms. The molecule has 1 aliphatic carbocycles. The van der Waals surface area contributed by atoms with Crippen LogP contribution in [0, 0.1) is 0 Å². The van der Waals surface area contributed by atoms with Gasteiger partial charge in [0.1, 0.15) is 0 Å². The van der Waals surface area contributed by atoms with Crippen molar-refractivity contribution in [1.82, 2.24) is 4.90 Å². The second kappa shape index (κ2) is 2.99. The van der Waals surface area contributed by atoms with Gasteiger partial charge in [-0.05, 0) is 18.1 Å². The first-order valence-electron chi connectivity index (χ1n) is 5.20. The molecule has 0 saturated heterocycles. The highest BCUT2D eigenvalue weighted by Crippen LogP contribution is 2.47. The van der Waals surface area contributed by atoms with Crippen molar-refractivity contribution in [3.8, 4) is 0 Å². The van der Waals surface area contributed by atoms with Crippen molar-refractivity contribution in [1.29, 1.82) is 0 Å². The average molecular weight is 222 g/mol. The average Bonchev–Trinajstić information content (AvgIpc) is 2.23. The number of alkyl halides is 1. The molecule has 1 heterocycles. The van der Waals surface area contributed by atoms with E-state index < -0.39 is 0 Å². The number of carbonyl (C=O) groups excluding carboxylic acids is 1. The lowest BCUT2D eigenvalue weighted by atomic mass is 9.70. The predicted molar refractivity (Wildman–Crippen MR) is 59.3 cm³/mol. The van der Waals surface area contributed by atoms with Crippen molar-refractivity contribution >= 4 is 17.5 Å². The number of nitrogens with zero attached hydrogens (tertiary/aromatic N) is 1. The first-order valence-corrected chi connectivity index (χ1v) is 5.64. The van der Waals surface area contributed by atoms with E-state index in [4.69, 9.17) is 11.6 Å². The van der Waals surface area contributed by atoms with E-state index in [2.05, 4.69) is 0 Å². The standard InChI is InChI=1S/C12H12ClNO/c1-14-10-6-9(13)11(10)7-4-2-3-5-8(7)12(14)15/h2-5,9-11H,6H2,1H3/t9-,10+,11-/m1/s1. The normalized spacial score (nSPS) is 33.1. The first kappa shape index (κ1) is 9.22. The lowest BCUT2D eigenvalue weighted by molar-refractivity contribution is 0.0559. The molecule has 1 aromatic rings. The summed E-state index contributed by atoms with van der Waals surface area (Å²) in [5, 5.41) is 0.187. The third kappa shape index (κ3) is 1.08.